The third-order valence-corrected chi connectivity index (χ3v) is 3.70. The Balaban J connectivity index is 1.96. The molecule has 0 fully saturated rings. The van der Waals surface area contributed by atoms with E-state index in [0.717, 1.165) is 5.56 Å². The molecule has 0 unspecified atom stereocenters. The number of hydrogen-bond acceptors (Lipinski definition) is 3. The molecular formula is C18H14N4O2. The summed E-state index contributed by atoms with van der Waals surface area (Å²) in [7, 11) is 0. The minimum atomic E-state index is -0.243. The van der Waals surface area contributed by atoms with Crippen LogP contribution in [0.25, 0.3) is 21.8 Å². The molecule has 2 aromatic heterocycles. The first kappa shape index (κ1) is 15.4. The number of carbonyl (C=O) groups excluding carboxylic acids is 1. The number of nitrogens with zero attached hydrogens (tertiary/aromatic N) is 3. The summed E-state index contributed by atoms with van der Waals surface area (Å²) in [5.74, 6) is 0.421. The summed E-state index contributed by atoms with van der Waals surface area (Å²) in [6.45, 7) is 8.75. The highest BCUT2D eigenvalue weighted by molar-refractivity contribution is 5.95. The molecule has 0 amide bonds. The van der Waals surface area contributed by atoms with E-state index < -0.39 is 0 Å². The number of rotatable bonds is 4. The minimum absolute atomic E-state index is 0.00784. The van der Waals surface area contributed by atoms with E-state index in [-0.39, 0.29) is 11.3 Å². The zero-order valence-electron chi connectivity index (χ0n) is 13.0. The first-order valence-corrected chi connectivity index (χ1v) is 7.42. The van der Waals surface area contributed by atoms with Crippen molar-refractivity contribution in [3.05, 3.63) is 76.1 Å². The Bertz CT molecular complexity index is 974. The van der Waals surface area contributed by atoms with Crippen molar-refractivity contribution >= 4 is 11.5 Å². The molecule has 0 aliphatic rings. The molecule has 0 aliphatic heterocycles. The van der Waals surface area contributed by atoms with Crippen molar-refractivity contribution in [2.75, 3.05) is 0 Å². The highest BCUT2D eigenvalue weighted by Gasteiger charge is 2.11. The van der Waals surface area contributed by atoms with E-state index in [1.807, 2.05) is 0 Å². The number of ketones is 1. The van der Waals surface area contributed by atoms with Gasteiger partial charge in [-0.25, -0.2) is 14.5 Å². The van der Waals surface area contributed by atoms with Crippen LogP contribution in [0.15, 0.2) is 53.6 Å². The molecule has 2 heterocycles. The molecule has 0 saturated carbocycles. The molecular weight excluding hydrogens is 304 g/mol. The zero-order chi connectivity index (χ0) is 17.1. The summed E-state index contributed by atoms with van der Waals surface area (Å²) in [5, 5.41) is 2.88. The summed E-state index contributed by atoms with van der Waals surface area (Å²) >= 11 is 0. The number of benzene rings is 1. The first-order chi connectivity index (χ1) is 11.6. The summed E-state index contributed by atoms with van der Waals surface area (Å²) in [6.07, 6.45) is 3.48. The Hall–Kier alpha value is -3.46. The van der Waals surface area contributed by atoms with Gasteiger partial charge in [-0.2, -0.15) is 0 Å². The van der Waals surface area contributed by atoms with Crippen molar-refractivity contribution in [2.45, 2.75) is 13.3 Å². The van der Waals surface area contributed by atoms with Crippen LogP contribution in [0, 0.1) is 6.57 Å². The lowest BCUT2D eigenvalue weighted by Crippen LogP contribution is -2.17. The summed E-state index contributed by atoms with van der Waals surface area (Å²) in [4.78, 5) is 31.7. The van der Waals surface area contributed by atoms with Crippen LogP contribution < -0.4 is 5.56 Å². The van der Waals surface area contributed by atoms with Gasteiger partial charge >= 0.3 is 0 Å². The fourth-order valence-electron chi connectivity index (χ4n) is 2.35. The number of Topliss-reactive ketones (excluding diaryl/α,β-unsaturated/α-hetero) is 1. The lowest BCUT2D eigenvalue weighted by atomic mass is 10.1. The third-order valence-electron chi connectivity index (χ3n) is 3.70. The van der Waals surface area contributed by atoms with Crippen LogP contribution in [0.1, 0.15) is 23.7 Å². The monoisotopic (exact) mass is 318 g/mol. The number of pyridine rings is 1. The van der Waals surface area contributed by atoms with E-state index in [0.29, 0.717) is 29.1 Å². The SMILES string of the molecule is [C-]#[N+]c1ccc(-c2c[nH]n(-c3ccc(C(=O)CC)cn3)c2=O)cc1. The second-order valence-corrected chi connectivity index (χ2v) is 5.17. The maximum absolute atomic E-state index is 12.6. The van der Waals surface area contributed by atoms with Crippen molar-refractivity contribution in [1.82, 2.24) is 14.8 Å². The predicted molar refractivity (Wildman–Crippen MR) is 90.5 cm³/mol. The van der Waals surface area contributed by atoms with Crippen LogP contribution in [-0.4, -0.2) is 20.5 Å². The summed E-state index contributed by atoms with van der Waals surface area (Å²) in [6, 6.07) is 10.1. The largest absolute Gasteiger partial charge is 0.296 e. The van der Waals surface area contributed by atoms with Crippen LogP contribution in [0.3, 0.4) is 0 Å². The Morgan fingerprint density at radius 3 is 2.58 bits per heavy atom. The van der Waals surface area contributed by atoms with Crippen molar-refractivity contribution in [2.24, 2.45) is 0 Å². The highest BCUT2D eigenvalue weighted by atomic mass is 16.1. The molecule has 3 rings (SSSR count). The van der Waals surface area contributed by atoms with Crippen molar-refractivity contribution < 1.29 is 4.79 Å². The fourth-order valence-corrected chi connectivity index (χ4v) is 2.35. The maximum Gasteiger partial charge on any atom is 0.280 e. The molecule has 0 bridgehead atoms. The number of aromatic amines is 1. The second-order valence-electron chi connectivity index (χ2n) is 5.17. The van der Waals surface area contributed by atoms with Gasteiger partial charge in [0.2, 0.25) is 0 Å². The van der Waals surface area contributed by atoms with E-state index in [4.69, 9.17) is 6.57 Å². The number of H-pyrrole nitrogens is 1. The van der Waals surface area contributed by atoms with Crippen LogP contribution in [-0.2, 0) is 0 Å². The van der Waals surface area contributed by atoms with Crippen molar-refractivity contribution in [3.63, 3.8) is 0 Å². The normalized spacial score (nSPS) is 10.3. The lowest BCUT2D eigenvalue weighted by Gasteiger charge is -2.02. The van der Waals surface area contributed by atoms with E-state index in [1.54, 1.807) is 49.5 Å². The van der Waals surface area contributed by atoms with E-state index >= 15 is 0 Å². The van der Waals surface area contributed by atoms with Gasteiger partial charge in [0.05, 0.1) is 12.1 Å². The molecule has 0 atom stereocenters. The summed E-state index contributed by atoms with van der Waals surface area (Å²) < 4.78 is 1.32. The molecule has 0 saturated heterocycles. The van der Waals surface area contributed by atoms with Gasteiger partial charge in [-0.3, -0.25) is 14.7 Å². The molecule has 24 heavy (non-hydrogen) atoms. The van der Waals surface area contributed by atoms with Gasteiger partial charge in [-0.05, 0) is 17.7 Å². The second kappa shape index (κ2) is 6.34. The van der Waals surface area contributed by atoms with Crippen molar-refractivity contribution in [1.29, 1.82) is 0 Å². The minimum Gasteiger partial charge on any atom is -0.296 e. The van der Waals surface area contributed by atoms with Gasteiger partial charge in [0.1, 0.15) is 0 Å². The van der Waals surface area contributed by atoms with Gasteiger partial charge in [0.15, 0.2) is 17.3 Å². The quantitative estimate of drug-likeness (QED) is 0.592. The Morgan fingerprint density at radius 1 is 1.25 bits per heavy atom. The Morgan fingerprint density at radius 2 is 2.00 bits per heavy atom. The third kappa shape index (κ3) is 2.75. The van der Waals surface area contributed by atoms with Crippen LogP contribution in [0.4, 0.5) is 5.69 Å². The summed E-state index contributed by atoms with van der Waals surface area (Å²) in [5.41, 5.74) is 2.01. The molecule has 1 aromatic carbocycles. The first-order valence-electron chi connectivity index (χ1n) is 7.42. The van der Waals surface area contributed by atoms with Gasteiger partial charge in [0, 0.05) is 24.4 Å². The Kier molecular flexibility index (Phi) is 4.08. The predicted octanol–water partition coefficient (Wildman–Crippen LogP) is 3.37. The Labute approximate surface area is 138 Å². The highest BCUT2D eigenvalue weighted by Crippen LogP contribution is 2.20. The molecule has 0 aliphatic carbocycles. The number of carbonyl (C=O) groups is 1. The topological polar surface area (TPSA) is 72.1 Å². The average Bonchev–Trinajstić information content (AvgIpc) is 3.02. The van der Waals surface area contributed by atoms with E-state index in [9.17, 15) is 9.59 Å². The average molecular weight is 318 g/mol. The molecule has 3 aromatic rings. The zero-order valence-corrected chi connectivity index (χ0v) is 13.0. The van der Waals surface area contributed by atoms with Gasteiger partial charge in [0.25, 0.3) is 5.56 Å². The van der Waals surface area contributed by atoms with Crippen LogP contribution in [0.2, 0.25) is 0 Å². The van der Waals surface area contributed by atoms with Crippen LogP contribution >= 0.6 is 0 Å². The van der Waals surface area contributed by atoms with Gasteiger partial charge < -0.3 is 0 Å². The smallest absolute Gasteiger partial charge is 0.280 e. The molecule has 6 nitrogen and oxygen atoms in total. The van der Waals surface area contributed by atoms with Gasteiger partial charge in [-0.1, -0.05) is 31.2 Å². The fraction of sp³-hybridized carbons (Fsp3) is 0.111. The maximum atomic E-state index is 12.6. The molecule has 6 heteroatoms. The number of hydrogen-bond donors (Lipinski definition) is 1. The molecule has 118 valence electrons. The number of aromatic nitrogens is 3. The van der Waals surface area contributed by atoms with Gasteiger partial charge in [-0.15, -0.1) is 0 Å². The molecule has 1 N–H and O–H groups in total. The lowest BCUT2D eigenvalue weighted by molar-refractivity contribution is 0.0988. The van der Waals surface area contributed by atoms with E-state index in [1.165, 1.54) is 10.9 Å². The van der Waals surface area contributed by atoms with E-state index in [2.05, 4.69) is 14.9 Å². The standard InChI is InChI=1S/C18H14N4O2/c1-3-16(23)13-6-9-17(20-10-13)22-18(24)15(11-21-22)12-4-7-14(19-2)8-5-12/h4-11,21H,3H2,1H3. The molecule has 0 spiro atoms. The van der Waals surface area contributed by atoms with Crippen LogP contribution in [0.5, 0.6) is 0 Å². The van der Waals surface area contributed by atoms with Crippen molar-refractivity contribution in [3.8, 4) is 16.9 Å². The number of nitrogens with one attached hydrogen (secondary N) is 1. The molecule has 0 radical (unpaired) electrons.